The van der Waals surface area contributed by atoms with E-state index in [1.54, 1.807) is 6.08 Å². The summed E-state index contributed by atoms with van der Waals surface area (Å²) in [6.45, 7) is 0. The first-order chi connectivity index (χ1) is 13.7. The Labute approximate surface area is 164 Å². The van der Waals surface area contributed by atoms with Crippen LogP contribution in [0.1, 0.15) is 22.3 Å². The molecule has 0 aromatic heterocycles. The molecule has 1 unspecified atom stereocenters. The van der Waals surface area contributed by atoms with Crippen LogP contribution in [0.2, 0.25) is 0 Å². The Kier molecular flexibility index (Phi) is 4.70. The zero-order chi connectivity index (χ0) is 19.4. The molecule has 0 aliphatic carbocycles. The van der Waals surface area contributed by atoms with Crippen LogP contribution in [0.3, 0.4) is 0 Å². The molecule has 0 spiro atoms. The van der Waals surface area contributed by atoms with E-state index in [1.165, 1.54) is 7.11 Å². The first kappa shape index (κ1) is 17.6. The molecule has 0 saturated heterocycles. The number of rotatable bonds is 2. The third-order valence-corrected chi connectivity index (χ3v) is 4.61. The van der Waals surface area contributed by atoms with E-state index in [2.05, 4.69) is 11.8 Å². The molecule has 1 heterocycles. The van der Waals surface area contributed by atoms with Crippen LogP contribution in [-0.4, -0.2) is 13.1 Å². The Balaban J connectivity index is 1.97. The predicted octanol–water partition coefficient (Wildman–Crippen LogP) is 4.53. The number of carbonyl (C=O) groups is 1. The molecule has 0 N–H and O–H groups in total. The van der Waals surface area contributed by atoms with Crippen LogP contribution in [-0.2, 0) is 19.9 Å². The quantitative estimate of drug-likeness (QED) is 0.494. The van der Waals surface area contributed by atoms with Gasteiger partial charge in [-0.25, -0.2) is 4.79 Å². The largest absolute Gasteiger partial charge is 0.463 e. The second-order valence-corrected chi connectivity index (χ2v) is 6.35. The first-order valence-corrected chi connectivity index (χ1v) is 8.95. The van der Waals surface area contributed by atoms with E-state index in [9.17, 15) is 4.79 Å². The third kappa shape index (κ3) is 3.17. The summed E-state index contributed by atoms with van der Waals surface area (Å²) in [5.41, 5.74) is 2.36. The Bertz CT molecular complexity index is 1090. The monoisotopic (exact) mass is 366 g/mol. The maximum absolute atomic E-state index is 12.3. The molecule has 3 aromatic carbocycles. The summed E-state index contributed by atoms with van der Waals surface area (Å²) in [4.78, 5) is 12.3. The van der Waals surface area contributed by atoms with Crippen LogP contribution in [0.15, 0.2) is 90.7 Å². The predicted molar refractivity (Wildman–Crippen MR) is 108 cm³/mol. The molecule has 1 aliphatic heterocycles. The molecule has 0 amide bonds. The van der Waals surface area contributed by atoms with Gasteiger partial charge in [0.05, 0.1) is 7.11 Å². The molecule has 136 valence electrons. The Hall–Kier alpha value is -3.77. The normalized spacial score (nSPS) is 17.2. The van der Waals surface area contributed by atoms with Gasteiger partial charge in [0.25, 0.3) is 0 Å². The van der Waals surface area contributed by atoms with Gasteiger partial charge in [0.1, 0.15) is 0 Å². The lowest BCUT2D eigenvalue weighted by Crippen LogP contribution is -2.34. The van der Waals surface area contributed by atoms with Gasteiger partial charge in [-0.3, -0.25) is 0 Å². The van der Waals surface area contributed by atoms with Gasteiger partial charge >= 0.3 is 5.97 Å². The van der Waals surface area contributed by atoms with Gasteiger partial charge in [-0.1, -0.05) is 78.7 Å². The lowest BCUT2D eigenvalue weighted by Gasteiger charge is -2.35. The minimum Gasteiger partial charge on any atom is -0.463 e. The summed E-state index contributed by atoms with van der Waals surface area (Å²) in [5, 5.41) is 0. The SMILES string of the molecule is COC(=O)C1=Cc2ccccc2C(C#Cc2ccccc2)(c2ccccc2)O1. The molecule has 1 aliphatic rings. The summed E-state index contributed by atoms with van der Waals surface area (Å²) in [5.74, 6) is 6.13. The molecule has 28 heavy (non-hydrogen) atoms. The Morgan fingerprint density at radius 3 is 2.25 bits per heavy atom. The van der Waals surface area contributed by atoms with Gasteiger partial charge in [-0.2, -0.15) is 0 Å². The highest BCUT2D eigenvalue weighted by atomic mass is 16.6. The molecule has 0 fully saturated rings. The topological polar surface area (TPSA) is 35.5 Å². The Morgan fingerprint density at radius 2 is 1.54 bits per heavy atom. The van der Waals surface area contributed by atoms with Gasteiger partial charge < -0.3 is 9.47 Å². The zero-order valence-corrected chi connectivity index (χ0v) is 15.4. The van der Waals surface area contributed by atoms with Crippen molar-refractivity contribution in [3.8, 4) is 11.8 Å². The molecule has 4 rings (SSSR count). The van der Waals surface area contributed by atoms with Crippen LogP contribution in [0.4, 0.5) is 0 Å². The second-order valence-electron chi connectivity index (χ2n) is 6.35. The standard InChI is InChI=1S/C25H18O3/c1-27-24(26)23-18-20-12-8-9-15-22(20)25(28-23,21-13-6-3-7-14-21)17-16-19-10-4-2-5-11-19/h2-15,18H,1H3. The van der Waals surface area contributed by atoms with Crippen molar-refractivity contribution in [3.63, 3.8) is 0 Å². The average Bonchev–Trinajstić information content (AvgIpc) is 2.78. The lowest BCUT2D eigenvalue weighted by atomic mass is 9.82. The van der Waals surface area contributed by atoms with Gasteiger partial charge in [-0.05, 0) is 29.7 Å². The highest BCUT2D eigenvalue weighted by Gasteiger charge is 2.41. The van der Waals surface area contributed by atoms with Crippen molar-refractivity contribution in [2.24, 2.45) is 0 Å². The Morgan fingerprint density at radius 1 is 0.893 bits per heavy atom. The average molecular weight is 366 g/mol. The highest BCUT2D eigenvalue weighted by Crippen LogP contribution is 2.41. The van der Waals surface area contributed by atoms with Crippen molar-refractivity contribution in [1.82, 2.24) is 0 Å². The molecule has 0 saturated carbocycles. The van der Waals surface area contributed by atoms with Crippen LogP contribution in [0, 0.1) is 11.8 Å². The van der Waals surface area contributed by atoms with E-state index in [-0.39, 0.29) is 5.76 Å². The molecule has 1 atom stereocenters. The van der Waals surface area contributed by atoms with Crippen molar-refractivity contribution >= 4 is 12.0 Å². The minimum atomic E-state index is -1.12. The summed E-state index contributed by atoms with van der Waals surface area (Å²) in [6.07, 6.45) is 1.70. The van der Waals surface area contributed by atoms with E-state index in [0.29, 0.717) is 0 Å². The molecule has 0 radical (unpaired) electrons. The molecule has 3 aromatic rings. The molecule has 3 nitrogen and oxygen atoms in total. The van der Waals surface area contributed by atoms with E-state index in [0.717, 1.165) is 22.3 Å². The number of fused-ring (bicyclic) bond motifs is 1. The smallest absolute Gasteiger partial charge is 0.373 e. The molecule has 3 heteroatoms. The van der Waals surface area contributed by atoms with E-state index < -0.39 is 11.6 Å². The fourth-order valence-corrected chi connectivity index (χ4v) is 3.27. The molecule has 0 bridgehead atoms. The zero-order valence-electron chi connectivity index (χ0n) is 15.4. The summed E-state index contributed by atoms with van der Waals surface area (Å²) >= 11 is 0. The summed E-state index contributed by atoms with van der Waals surface area (Å²) in [7, 11) is 1.34. The number of hydrogen-bond donors (Lipinski definition) is 0. The van der Waals surface area contributed by atoms with Crippen molar-refractivity contribution in [2.75, 3.05) is 7.11 Å². The molecular formula is C25H18O3. The number of ether oxygens (including phenoxy) is 2. The number of esters is 1. The summed E-state index contributed by atoms with van der Waals surface area (Å²) < 4.78 is 11.2. The maximum Gasteiger partial charge on any atom is 0.373 e. The van der Waals surface area contributed by atoms with E-state index in [1.807, 2.05) is 84.9 Å². The second kappa shape index (κ2) is 7.46. The number of hydrogen-bond acceptors (Lipinski definition) is 3. The summed E-state index contributed by atoms with van der Waals surface area (Å²) in [6, 6.07) is 27.2. The van der Waals surface area contributed by atoms with Crippen molar-refractivity contribution in [2.45, 2.75) is 5.60 Å². The van der Waals surface area contributed by atoms with Gasteiger partial charge in [-0.15, -0.1) is 0 Å². The third-order valence-electron chi connectivity index (χ3n) is 4.61. The van der Waals surface area contributed by atoms with E-state index in [4.69, 9.17) is 9.47 Å². The lowest BCUT2D eigenvalue weighted by molar-refractivity contribution is -0.141. The van der Waals surface area contributed by atoms with Crippen LogP contribution < -0.4 is 0 Å². The first-order valence-electron chi connectivity index (χ1n) is 8.95. The minimum absolute atomic E-state index is 0.132. The van der Waals surface area contributed by atoms with E-state index >= 15 is 0 Å². The highest BCUT2D eigenvalue weighted by molar-refractivity contribution is 5.93. The van der Waals surface area contributed by atoms with Crippen LogP contribution in [0.5, 0.6) is 0 Å². The fraction of sp³-hybridized carbons (Fsp3) is 0.0800. The number of carbonyl (C=O) groups excluding carboxylic acids is 1. The van der Waals surface area contributed by atoms with Crippen molar-refractivity contribution < 1.29 is 14.3 Å². The van der Waals surface area contributed by atoms with Crippen molar-refractivity contribution in [3.05, 3.63) is 113 Å². The molecular weight excluding hydrogens is 348 g/mol. The van der Waals surface area contributed by atoms with Crippen molar-refractivity contribution in [1.29, 1.82) is 0 Å². The van der Waals surface area contributed by atoms with Gasteiger partial charge in [0, 0.05) is 16.7 Å². The number of benzene rings is 3. The van der Waals surface area contributed by atoms with Gasteiger partial charge in [0.15, 0.2) is 0 Å². The maximum atomic E-state index is 12.3. The van der Waals surface area contributed by atoms with Crippen LogP contribution >= 0.6 is 0 Å². The van der Waals surface area contributed by atoms with Gasteiger partial charge in [0.2, 0.25) is 11.4 Å². The number of methoxy groups -OCH3 is 1. The van der Waals surface area contributed by atoms with Crippen LogP contribution in [0.25, 0.3) is 6.08 Å². The fourth-order valence-electron chi connectivity index (χ4n) is 3.27.